The molecule has 0 saturated carbocycles. The molecule has 70 valence electrons. The Labute approximate surface area is 78.0 Å². The van der Waals surface area contributed by atoms with E-state index >= 15 is 0 Å². The summed E-state index contributed by atoms with van der Waals surface area (Å²) < 4.78 is 24.9. The third kappa shape index (κ3) is 1.12. The van der Waals surface area contributed by atoms with Crippen molar-refractivity contribution < 1.29 is 8.78 Å². The second kappa shape index (κ2) is 3.07. The molecule has 0 aliphatic rings. The first-order valence-corrected chi connectivity index (χ1v) is 3.88. The van der Waals surface area contributed by atoms with Gasteiger partial charge in [-0.05, 0) is 12.1 Å². The normalized spacial score (nSPS) is 10.7. The fourth-order valence-electron chi connectivity index (χ4n) is 1.32. The smallest absolute Gasteiger partial charge is 0.266 e. The molecule has 14 heavy (non-hydrogen) atoms. The SMILES string of the molecule is N#Cc1ccc(C(F)F)c2nc[nH]c12. The number of hydrogen-bond donors (Lipinski definition) is 1. The summed E-state index contributed by atoms with van der Waals surface area (Å²) in [7, 11) is 0. The van der Waals surface area contributed by atoms with Crippen molar-refractivity contribution in [3.63, 3.8) is 0 Å². The number of nitrogens with zero attached hydrogens (tertiary/aromatic N) is 2. The van der Waals surface area contributed by atoms with Gasteiger partial charge < -0.3 is 4.98 Å². The highest BCUT2D eigenvalue weighted by Crippen LogP contribution is 2.27. The van der Waals surface area contributed by atoms with Crippen molar-refractivity contribution in [3.8, 4) is 6.07 Å². The van der Waals surface area contributed by atoms with Crippen LogP contribution in [0.4, 0.5) is 8.78 Å². The van der Waals surface area contributed by atoms with Crippen LogP contribution >= 0.6 is 0 Å². The first-order valence-electron chi connectivity index (χ1n) is 3.88. The van der Waals surface area contributed by atoms with Gasteiger partial charge in [0, 0.05) is 5.56 Å². The third-order valence-electron chi connectivity index (χ3n) is 1.97. The Bertz CT molecular complexity index is 510. The lowest BCUT2D eigenvalue weighted by molar-refractivity contribution is 0.153. The number of alkyl halides is 2. The molecule has 2 aromatic rings. The van der Waals surface area contributed by atoms with Crippen molar-refractivity contribution >= 4 is 11.0 Å². The molecule has 0 amide bonds. The zero-order chi connectivity index (χ0) is 10.1. The van der Waals surface area contributed by atoms with Crippen LogP contribution in [0.1, 0.15) is 17.6 Å². The van der Waals surface area contributed by atoms with E-state index in [0.29, 0.717) is 11.1 Å². The van der Waals surface area contributed by atoms with E-state index in [1.165, 1.54) is 18.5 Å². The molecule has 5 heteroatoms. The van der Waals surface area contributed by atoms with Crippen LogP contribution in [0.5, 0.6) is 0 Å². The van der Waals surface area contributed by atoms with E-state index in [2.05, 4.69) is 9.97 Å². The zero-order valence-corrected chi connectivity index (χ0v) is 6.96. The maximum Gasteiger partial charge on any atom is 0.266 e. The fraction of sp³-hybridized carbons (Fsp3) is 0.111. The third-order valence-corrected chi connectivity index (χ3v) is 1.97. The van der Waals surface area contributed by atoms with Gasteiger partial charge in [0.2, 0.25) is 0 Å². The summed E-state index contributed by atoms with van der Waals surface area (Å²) in [6, 6.07) is 4.50. The van der Waals surface area contributed by atoms with E-state index in [0.717, 1.165) is 0 Å². The first kappa shape index (κ1) is 8.63. The molecule has 0 aliphatic heterocycles. The fourth-order valence-corrected chi connectivity index (χ4v) is 1.32. The Balaban J connectivity index is 2.80. The molecule has 1 heterocycles. The monoisotopic (exact) mass is 193 g/mol. The van der Waals surface area contributed by atoms with E-state index in [-0.39, 0.29) is 11.1 Å². The van der Waals surface area contributed by atoms with Crippen LogP contribution in [0, 0.1) is 11.3 Å². The van der Waals surface area contributed by atoms with E-state index in [9.17, 15) is 8.78 Å². The van der Waals surface area contributed by atoms with Crippen LogP contribution < -0.4 is 0 Å². The van der Waals surface area contributed by atoms with Gasteiger partial charge in [-0.1, -0.05) is 0 Å². The number of fused-ring (bicyclic) bond motifs is 1. The van der Waals surface area contributed by atoms with Crippen molar-refractivity contribution in [3.05, 3.63) is 29.6 Å². The number of benzene rings is 1. The average molecular weight is 193 g/mol. The van der Waals surface area contributed by atoms with E-state index in [4.69, 9.17) is 5.26 Å². The first-order chi connectivity index (χ1) is 6.74. The van der Waals surface area contributed by atoms with Gasteiger partial charge in [-0.2, -0.15) is 5.26 Å². The summed E-state index contributed by atoms with van der Waals surface area (Å²) in [6.45, 7) is 0. The van der Waals surface area contributed by atoms with Gasteiger partial charge in [0.25, 0.3) is 6.43 Å². The number of aromatic nitrogens is 2. The standard InChI is InChI=1S/C9H5F2N3/c10-9(11)6-2-1-5(3-12)7-8(6)14-4-13-7/h1-2,4,9H,(H,13,14). The largest absolute Gasteiger partial charge is 0.343 e. The van der Waals surface area contributed by atoms with E-state index < -0.39 is 6.43 Å². The molecule has 1 aromatic heterocycles. The van der Waals surface area contributed by atoms with E-state index in [1.807, 2.05) is 6.07 Å². The Morgan fingerprint density at radius 2 is 2.21 bits per heavy atom. The second-order valence-electron chi connectivity index (χ2n) is 2.74. The predicted octanol–water partition coefficient (Wildman–Crippen LogP) is 2.37. The van der Waals surface area contributed by atoms with Crippen molar-refractivity contribution in [1.29, 1.82) is 5.26 Å². The lowest BCUT2D eigenvalue weighted by Crippen LogP contribution is -1.88. The predicted molar refractivity (Wildman–Crippen MR) is 45.8 cm³/mol. The minimum absolute atomic E-state index is 0.153. The number of nitrogens with one attached hydrogen (secondary N) is 1. The van der Waals surface area contributed by atoms with Crippen LogP contribution in [0.25, 0.3) is 11.0 Å². The molecule has 0 spiro atoms. The number of nitriles is 1. The van der Waals surface area contributed by atoms with Gasteiger partial charge in [-0.15, -0.1) is 0 Å². The van der Waals surface area contributed by atoms with Gasteiger partial charge in [0.15, 0.2) is 0 Å². The molecule has 0 radical (unpaired) electrons. The summed E-state index contributed by atoms with van der Waals surface area (Å²) in [4.78, 5) is 6.43. The Hall–Kier alpha value is -1.96. The van der Waals surface area contributed by atoms with Crippen molar-refractivity contribution in [2.45, 2.75) is 6.43 Å². The molecule has 0 bridgehead atoms. The summed E-state index contributed by atoms with van der Waals surface area (Å²) in [6.07, 6.45) is -1.27. The van der Waals surface area contributed by atoms with E-state index in [1.54, 1.807) is 0 Å². The van der Waals surface area contributed by atoms with Gasteiger partial charge in [0.1, 0.15) is 6.07 Å². The number of imidazole rings is 1. The maximum absolute atomic E-state index is 12.5. The zero-order valence-electron chi connectivity index (χ0n) is 6.96. The molecule has 0 aliphatic carbocycles. The number of rotatable bonds is 1. The van der Waals surface area contributed by atoms with Crippen molar-refractivity contribution in [1.82, 2.24) is 9.97 Å². The second-order valence-corrected chi connectivity index (χ2v) is 2.74. The number of H-pyrrole nitrogens is 1. The minimum atomic E-state index is -2.58. The molecule has 1 N–H and O–H groups in total. The molecular formula is C9H5F2N3. The molecule has 0 fully saturated rings. The number of halogens is 2. The topological polar surface area (TPSA) is 52.5 Å². The van der Waals surface area contributed by atoms with Gasteiger partial charge in [-0.25, -0.2) is 13.8 Å². The molecular weight excluding hydrogens is 188 g/mol. The van der Waals surface area contributed by atoms with Crippen LogP contribution in [0.15, 0.2) is 18.5 Å². The summed E-state index contributed by atoms with van der Waals surface area (Å²) in [5.74, 6) is 0. The molecule has 0 saturated heterocycles. The van der Waals surface area contributed by atoms with Gasteiger partial charge in [-0.3, -0.25) is 0 Å². The van der Waals surface area contributed by atoms with Crippen molar-refractivity contribution in [2.24, 2.45) is 0 Å². The molecule has 0 unspecified atom stereocenters. The molecule has 1 aromatic carbocycles. The van der Waals surface area contributed by atoms with Gasteiger partial charge in [0.05, 0.1) is 22.9 Å². The summed E-state index contributed by atoms with van der Waals surface area (Å²) in [5.41, 5.74) is 0.700. The lowest BCUT2D eigenvalue weighted by Gasteiger charge is -2.00. The summed E-state index contributed by atoms with van der Waals surface area (Å²) >= 11 is 0. The number of hydrogen-bond acceptors (Lipinski definition) is 2. The highest BCUT2D eigenvalue weighted by molar-refractivity contribution is 5.84. The maximum atomic E-state index is 12.5. The minimum Gasteiger partial charge on any atom is -0.343 e. The molecule has 0 atom stereocenters. The lowest BCUT2D eigenvalue weighted by atomic mass is 10.1. The summed E-state index contributed by atoms with van der Waals surface area (Å²) in [5, 5.41) is 8.70. The van der Waals surface area contributed by atoms with Gasteiger partial charge >= 0.3 is 0 Å². The Morgan fingerprint density at radius 3 is 2.86 bits per heavy atom. The molecule has 2 rings (SSSR count). The highest BCUT2D eigenvalue weighted by Gasteiger charge is 2.15. The average Bonchev–Trinajstić information content (AvgIpc) is 2.64. The van der Waals surface area contributed by atoms with Crippen LogP contribution in [-0.2, 0) is 0 Å². The molecule has 3 nitrogen and oxygen atoms in total. The number of aromatic amines is 1. The Morgan fingerprint density at radius 1 is 1.43 bits per heavy atom. The van der Waals surface area contributed by atoms with Crippen LogP contribution in [0.2, 0.25) is 0 Å². The highest BCUT2D eigenvalue weighted by atomic mass is 19.3. The van der Waals surface area contributed by atoms with Crippen LogP contribution in [0.3, 0.4) is 0 Å². The van der Waals surface area contributed by atoms with Crippen LogP contribution in [-0.4, -0.2) is 9.97 Å². The van der Waals surface area contributed by atoms with Crippen molar-refractivity contribution in [2.75, 3.05) is 0 Å². The quantitative estimate of drug-likeness (QED) is 0.755. The Kier molecular flexibility index (Phi) is 1.89.